The number of benzene rings is 6. The van der Waals surface area contributed by atoms with Crippen molar-refractivity contribution < 1.29 is 0 Å². The van der Waals surface area contributed by atoms with Crippen molar-refractivity contribution in [3.05, 3.63) is 140 Å². The Morgan fingerprint density at radius 1 is 0.366 bits per heavy atom. The number of rotatable bonds is 5. The van der Waals surface area contributed by atoms with Gasteiger partial charge in [-0.05, 0) is 62.7 Å². The highest BCUT2D eigenvalue weighted by molar-refractivity contribution is 7.25. The van der Waals surface area contributed by atoms with Gasteiger partial charge in [0.25, 0.3) is 0 Å². The molecule has 0 spiro atoms. The second kappa shape index (κ2) is 10.3. The van der Waals surface area contributed by atoms with Gasteiger partial charge in [-0.1, -0.05) is 146 Å². The van der Waals surface area contributed by atoms with Crippen molar-refractivity contribution in [3.8, 4) is 44.5 Å². The van der Waals surface area contributed by atoms with Crippen LogP contribution in [0.3, 0.4) is 0 Å². The van der Waals surface area contributed by atoms with Crippen LogP contribution in [0.25, 0.3) is 64.7 Å². The highest BCUT2D eigenvalue weighted by Crippen LogP contribution is 2.36. The van der Waals surface area contributed by atoms with Crippen LogP contribution in [0.15, 0.2) is 140 Å². The first-order chi connectivity index (χ1) is 19.9. The van der Waals surface area contributed by atoms with Gasteiger partial charge in [-0.3, -0.25) is 0 Å². The Morgan fingerprint density at radius 3 is 1.20 bits per heavy atom. The molecule has 6 aromatic carbocycles. The summed E-state index contributed by atoms with van der Waals surface area (Å²) in [6.45, 7) is 7.18. The van der Waals surface area contributed by atoms with Crippen LogP contribution < -0.4 is 5.19 Å². The lowest BCUT2D eigenvalue weighted by molar-refractivity contribution is 1.57. The summed E-state index contributed by atoms with van der Waals surface area (Å²) in [7, 11) is -1.27. The van der Waals surface area contributed by atoms with Gasteiger partial charge in [0.2, 0.25) is 0 Å². The first-order valence-electron chi connectivity index (χ1n) is 14.3. The average molecular weight is 561 g/mol. The maximum Gasteiger partial charge on any atom is 0.0775 e. The fourth-order valence-corrected chi connectivity index (χ4v) is 7.89. The molecule has 0 saturated carbocycles. The van der Waals surface area contributed by atoms with E-state index in [-0.39, 0.29) is 0 Å². The van der Waals surface area contributed by atoms with Gasteiger partial charge in [0.05, 0.1) is 8.07 Å². The maximum atomic E-state index is 2.39. The molecule has 1 heterocycles. The van der Waals surface area contributed by atoms with E-state index >= 15 is 0 Å². The fraction of sp³-hybridized carbons (Fsp3) is 0.0769. The monoisotopic (exact) mass is 560 g/mol. The summed E-state index contributed by atoms with van der Waals surface area (Å²) in [5, 5.41) is 4.19. The molecule has 0 unspecified atom stereocenters. The van der Waals surface area contributed by atoms with E-state index in [2.05, 4.69) is 159 Å². The molecule has 0 N–H and O–H groups in total. The molecule has 0 fully saturated rings. The van der Waals surface area contributed by atoms with Crippen LogP contribution in [0.2, 0.25) is 19.6 Å². The Labute approximate surface area is 247 Å². The molecular weight excluding hydrogens is 529 g/mol. The maximum absolute atomic E-state index is 2.39. The van der Waals surface area contributed by atoms with Gasteiger partial charge in [-0.2, -0.15) is 0 Å². The lowest BCUT2D eigenvalue weighted by Crippen LogP contribution is -2.37. The van der Waals surface area contributed by atoms with Gasteiger partial charge < -0.3 is 0 Å². The molecule has 2 heteroatoms. The van der Waals surface area contributed by atoms with Crippen LogP contribution in [0.4, 0.5) is 0 Å². The highest BCUT2D eigenvalue weighted by Gasteiger charge is 2.15. The van der Waals surface area contributed by atoms with E-state index in [1.807, 2.05) is 11.3 Å². The number of thiophene rings is 1. The topological polar surface area (TPSA) is 0 Å². The van der Waals surface area contributed by atoms with Crippen molar-refractivity contribution in [2.24, 2.45) is 0 Å². The van der Waals surface area contributed by atoms with E-state index in [4.69, 9.17) is 0 Å². The van der Waals surface area contributed by atoms with Gasteiger partial charge in [0, 0.05) is 20.2 Å². The zero-order chi connectivity index (χ0) is 28.0. The molecule has 0 saturated heterocycles. The minimum atomic E-state index is -1.27. The largest absolute Gasteiger partial charge is 0.135 e. The fourth-order valence-electron chi connectivity index (χ4n) is 5.63. The average Bonchev–Trinajstić information content (AvgIpc) is 3.39. The molecule has 7 rings (SSSR count). The van der Waals surface area contributed by atoms with Crippen molar-refractivity contribution in [3.63, 3.8) is 0 Å². The summed E-state index contributed by atoms with van der Waals surface area (Å²) < 4.78 is 2.69. The second-order valence-corrected chi connectivity index (χ2v) is 18.0. The summed E-state index contributed by atoms with van der Waals surface area (Å²) >= 11 is 1.87. The Bertz CT molecular complexity index is 1970. The van der Waals surface area contributed by atoms with E-state index in [1.165, 1.54) is 69.9 Å². The molecule has 0 atom stereocenters. The smallest absolute Gasteiger partial charge is 0.0775 e. The molecule has 0 amide bonds. The second-order valence-electron chi connectivity index (χ2n) is 11.9. The Hall–Kier alpha value is -4.24. The predicted molar refractivity (Wildman–Crippen MR) is 184 cm³/mol. The zero-order valence-corrected chi connectivity index (χ0v) is 25.5. The zero-order valence-electron chi connectivity index (χ0n) is 23.7. The Balaban J connectivity index is 1.09. The summed E-state index contributed by atoms with van der Waals surface area (Å²) in [5.74, 6) is 0. The van der Waals surface area contributed by atoms with E-state index < -0.39 is 8.07 Å². The molecule has 0 aliphatic heterocycles. The Morgan fingerprint density at radius 2 is 0.732 bits per heavy atom. The summed E-state index contributed by atoms with van der Waals surface area (Å²) in [6, 6.07) is 51.5. The molecule has 0 bridgehead atoms. The lowest BCUT2D eigenvalue weighted by Gasteiger charge is -2.16. The minimum Gasteiger partial charge on any atom is -0.135 e. The summed E-state index contributed by atoms with van der Waals surface area (Å²) in [4.78, 5) is 0. The number of hydrogen-bond donors (Lipinski definition) is 0. The van der Waals surface area contributed by atoms with Gasteiger partial charge in [-0.25, -0.2) is 0 Å². The first-order valence-corrected chi connectivity index (χ1v) is 18.6. The van der Waals surface area contributed by atoms with Crippen LogP contribution >= 0.6 is 11.3 Å². The van der Waals surface area contributed by atoms with Crippen LogP contribution in [-0.4, -0.2) is 8.07 Å². The van der Waals surface area contributed by atoms with Gasteiger partial charge >= 0.3 is 0 Å². The van der Waals surface area contributed by atoms with Gasteiger partial charge in [0.15, 0.2) is 0 Å². The van der Waals surface area contributed by atoms with Crippen LogP contribution in [-0.2, 0) is 0 Å². The normalized spacial score (nSPS) is 11.8. The van der Waals surface area contributed by atoms with E-state index in [0.717, 1.165) is 0 Å². The van der Waals surface area contributed by atoms with Crippen molar-refractivity contribution in [1.82, 2.24) is 0 Å². The molecule has 0 aliphatic carbocycles. The third-order valence-electron chi connectivity index (χ3n) is 8.12. The number of fused-ring (bicyclic) bond motifs is 3. The van der Waals surface area contributed by atoms with E-state index in [0.29, 0.717) is 0 Å². The standard InChI is InChI=1S/C39H32SSi/c1-41(2,3)35-23-20-32(21-24-35)31-14-12-28(13-15-31)27-8-10-29(11-9-27)30-16-18-33(19-17-30)34-22-25-39-37(26-34)36-6-4-5-7-38(36)40-39/h4-26H,1-3H3. The molecule has 198 valence electrons. The molecule has 1 aromatic heterocycles. The SMILES string of the molecule is C[Si](C)(C)c1ccc(-c2ccc(-c3ccc(-c4ccc(-c5ccc6sc7ccccc7c6c5)cc4)cc3)cc2)cc1. The quantitative estimate of drug-likeness (QED) is 0.184. The van der Waals surface area contributed by atoms with Crippen LogP contribution in [0, 0.1) is 0 Å². The first kappa shape index (κ1) is 25.7. The van der Waals surface area contributed by atoms with Crippen molar-refractivity contribution in [2.45, 2.75) is 19.6 Å². The molecule has 0 nitrogen and oxygen atoms in total. The van der Waals surface area contributed by atoms with Crippen molar-refractivity contribution in [2.75, 3.05) is 0 Å². The third-order valence-corrected chi connectivity index (χ3v) is 11.3. The molecule has 0 aliphatic rings. The van der Waals surface area contributed by atoms with E-state index in [9.17, 15) is 0 Å². The molecule has 41 heavy (non-hydrogen) atoms. The van der Waals surface area contributed by atoms with Crippen LogP contribution in [0.1, 0.15) is 0 Å². The molecule has 7 aromatic rings. The van der Waals surface area contributed by atoms with Crippen LogP contribution in [0.5, 0.6) is 0 Å². The van der Waals surface area contributed by atoms with Crippen molar-refractivity contribution in [1.29, 1.82) is 0 Å². The highest BCUT2D eigenvalue weighted by atomic mass is 32.1. The number of hydrogen-bond acceptors (Lipinski definition) is 1. The summed E-state index contributed by atoms with van der Waals surface area (Å²) in [6.07, 6.45) is 0. The Kier molecular flexibility index (Phi) is 6.46. The van der Waals surface area contributed by atoms with Gasteiger partial charge in [-0.15, -0.1) is 11.3 Å². The predicted octanol–water partition coefficient (Wildman–Crippen LogP) is 11.3. The van der Waals surface area contributed by atoms with E-state index in [1.54, 1.807) is 0 Å². The molecule has 0 radical (unpaired) electrons. The van der Waals surface area contributed by atoms with Crippen molar-refractivity contribution >= 4 is 44.8 Å². The molecular formula is C39H32SSi. The third kappa shape index (κ3) is 5.06. The van der Waals surface area contributed by atoms with Gasteiger partial charge in [0.1, 0.15) is 0 Å². The lowest BCUT2D eigenvalue weighted by atomic mass is 9.96. The minimum absolute atomic E-state index is 1.23. The summed E-state index contributed by atoms with van der Waals surface area (Å²) in [5.41, 5.74) is 10.0.